The Bertz CT molecular complexity index is 343. The second-order valence-corrected chi connectivity index (χ2v) is 6.42. The van der Waals surface area contributed by atoms with Crippen LogP contribution in [0.2, 0.25) is 0 Å². The van der Waals surface area contributed by atoms with Crippen LogP contribution < -0.4 is 5.32 Å². The molecule has 0 radical (unpaired) electrons. The summed E-state index contributed by atoms with van der Waals surface area (Å²) in [5, 5.41) is 2.90. The van der Waals surface area contributed by atoms with Crippen LogP contribution in [0.15, 0.2) is 0 Å². The number of likely N-dealkylation sites (tertiary alicyclic amines) is 2. The van der Waals surface area contributed by atoms with Gasteiger partial charge in [-0.15, -0.1) is 0 Å². The van der Waals surface area contributed by atoms with Crippen LogP contribution in [-0.4, -0.2) is 83.0 Å². The third kappa shape index (κ3) is 3.87. The minimum atomic E-state index is 0.0385. The van der Waals surface area contributed by atoms with Gasteiger partial charge in [0.25, 0.3) is 0 Å². The molecule has 2 aliphatic heterocycles. The number of piperidine rings is 1. The lowest BCUT2D eigenvalue weighted by Crippen LogP contribution is -2.50. The average molecular weight is 299 g/mol. The van der Waals surface area contributed by atoms with E-state index < -0.39 is 0 Å². The fourth-order valence-electron chi connectivity index (χ4n) is 3.83. The van der Waals surface area contributed by atoms with Crippen molar-refractivity contribution in [3.05, 3.63) is 0 Å². The second kappa shape index (κ2) is 7.42. The summed E-state index contributed by atoms with van der Waals surface area (Å²) >= 11 is 0. The largest absolute Gasteiger partial charge is 0.384 e. The standard InChI is InChI=1S/C15H29N3O3/c1-17-10-13(11-21-3)15(12-17)4-7-18(8-5-15)14(19)16-6-9-20-2/h13H,4-12H2,1-3H3,(H,16,19). The Hall–Kier alpha value is -0.850. The number of carbonyl (C=O) groups is 1. The van der Waals surface area contributed by atoms with Gasteiger partial charge in [0.05, 0.1) is 13.2 Å². The molecule has 0 aliphatic carbocycles. The molecule has 2 amide bonds. The maximum Gasteiger partial charge on any atom is 0.317 e. The SMILES string of the molecule is COCCNC(=O)N1CCC2(CC1)CN(C)CC2COC. The summed E-state index contributed by atoms with van der Waals surface area (Å²) in [6, 6.07) is 0.0385. The molecule has 6 heteroatoms. The van der Waals surface area contributed by atoms with Gasteiger partial charge in [-0.2, -0.15) is 0 Å². The van der Waals surface area contributed by atoms with Crippen LogP contribution in [0, 0.1) is 11.3 Å². The Morgan fingerprint density at radius 2 is 2.00 bits per heavy atom. The predicted octanol–water partition coefficient (Wildman–Crippen LogP) is 0.633. The van der Waals surface area contributed by atoms with Gasteiger partial charge in [0.1, 0.15) is 0 Å². The highest BCUT2D eigenvalue weighted by molar-refractivity contribution is 5.74. The molecular weight excluding hydrogens is 270 g/mol. The third-order valence-electron chi connectivity index (χ3n) is 4.98. The lowest BCUT2D eigenvalue weighted by Gasteiger charge is -2.42. The molecule has 1 unspecified atom stereocenters. The highest BCUT2D eigenvalue weighted by Crippen LogP contribution is 2.44. The Morgan fingerprint density at radius 3 is 2.62 bits per heavy atom. The molecule has 2 heterocycles. The number of nitrogens with one attached hydrogen (secondary N) is 1. The van der Waals surface area contributed by atoms with Crippen molar-refractivity contribution < 1.29 is 14.3 Å². The molecule has 0 aromatic rings. The number of carbonyl (C=O) groups excluding carboxylic acids is 1. The first-order valence-electron chi connectivity index (χ1n) is 7.80. The Balaban J connectivity index is 1.85. The molecule has 0 aromatic carbocycles. The van der Waals surface area contributed by atoms with Crippen LogP contribution >= 0.6 is 0 Å². The molecule has 1 atom stereocenters. The van der Waals surface area contributed by atoms with E-state index in [0.29, 0.717) is 24.5 Å². The van der Waals surface area contributed by atoms with Gasteiger partial charge in [-0.3, -0.25) is 0 Å². The Labute approximate surface area is 127 Å². The van der Waals surface area contributed by atoms with Crippen LogP contribution in [0.3, 0.4) is 0 Å². The number of urea groups is 1. The van der Waals surface area contributed by atoms with Crippen molar-refractivity contribution in [1.82, 2.24) is 15.1 Å². The molecule has 2 saturated heterocycles. The molecule has 2 rings (SSSR count). The van der Waals surface area contributed by atoms with Crippen molar-refractivity contribution in [2.45, 2.75) is 12.8 Å². The molecule has 0 saturated carbocycles. The molecule has 122 valence electrons. The molecule has 2 aliphatic rings. The highest BCUT2D eigenvalue weighted by Gasteiger charge is 2.47. The van der Waals surface area contributed by atoms with Crippen molar-refractivity contribution >= 4 is 6.03 Å². The first-order chi connectivity index (χ1) is 10.1. The number of rotatable bonds is 5. The summed E-state index contributed by atoms with van der Waals surface area (Å²) in [5.74, 6) is 0.589. The molecule has 1 spiro atoms. The quantitative estimate of drug-likeness (QED) is 0.757. The first-order valence-corrected chi connectivity index (χ1v) is 7.80. The number of methoxy groups -OCH3 is 2. The molecule has 21 heavy (non-hydrogen) atoms. The summed E-state index contributed by atoms with van der Waals surface area (Å²) in [4.78, 5) is 16.4. The summed E-state index contributed by atoms with van der Waals surface area (Å²) in [5.41, 5.74) is 0.327. The number of nitrogens with zero attached hydrogens (tertiary/aromatic N) is 2. The van der Waals surface area contributed by atoms with E-state index in [4.69, 9.17) is 9.47 Å². The van der Waals surface area contributed by atoms with Gasteiger partial charge in [-0.1, -0.05) is 0 Å². The van der Waals surface area contributed by atoms with Gasteiger partial charge in [-0.25, -0.2) is 4.79 Å². The van der Waals surface area contributed by atoms with E-state index in [9.17, 15) is 4.79 Å². The maximum absolute atomic E-state index is 12.1. The molecule has 2 fully saturated rings. The van der Waals surface area contributed by atoms with Gasteiger partial charge in [0.15, 0.2) is 0 Å². The fraction of sp³-hybridized carbons (Fsp3) is 0.933. The van der Waals surface area contributed by atoms with Crippen LogP contribution in [0.25, 0.3) is 0 Å². The van der Waals surface area contributed by atoms with E-state index >= 15 is 0 Å². The summed E-state index contributed by atoms with van der Waals surface area (Å²) in [6.45, 7) is 5.87. The minimum absolute atomic E-state index is 0.0385. The number of amides is 2. The van der Waals surface area contributed by atoms with Crippen molar-refractivity contribution in [2.24, 2.45) is 11.3 Å². The molecule has 0 aromatic heterocycles. The zero-order valence-corrected chi connectivity index (χ0v) is 13.6. The maximum atomic E-state index is 12.1. The number of hydrogen-bond donors (Lipinski definition) is 1. The topological polar surface area (TPSA) is 54.0 Å². The van der Waals surface area contributed by atoms with E-state index in [-0.39, 0.29) is 6.03 Å². The summed E-state index contributed by atoms with van der Waals surface area (Å²) in [6.07, 6.45) is 2.14. The normalized spacial score (nSPS) is 25.5. The zero-order chi connectivity index (χ0) is 15.3. The Kier molecular flexibility index (Phi) is 5.84. The third-order valence-corrected chi connectivity index (χ3v) is 4.98. The van der Waals surface area contributed by atoms with Gasteiger partial charge in [0.2, 0.25) is 0 Å². The first kappa shape index (κ1) is 16.5. The van der Waals surface area contributed by atoms with Crippen molar-refractivity contribution in [3.8, 4) is 0 Å². The van der Waals surface area contributed by atoms with Crippen LogP contribution in [0.1, 0.15) is 12.8 Å². The van der Waals surface area contributed by atoms with E-state index in [1.807, 2.05) is 4.90 Å². The number of ether oxygens (including phenoxy) is 2. The zero-order valence-electron chi connectivity index (χ0n) is 13.6. The Morgan fingerprint density at radius 1 is 1.29 bits per heavy atom. The average Bonchev–Trinajstić information content (AvgIpc) is 2.76. The van der Waals surface area contributed by atoms with Crippen molar-refractivity contribution in [2.75, 3.05) is 67.2 Å². The highest BCUT2D eigenvalue weighted by atomic mass is 16.5. The smallest absolute Gasteiger partial charge is 0.317 e. The summed E-state index contributed by atoms with van der Waals surface area (Å²) < 4.78 is 10.4. The van der Waals surface area contributed by atoms with Crippen molar-refractivity contribution in [1.29, 1.82) is 0 Å². The lowest BCUT2D eigenvalue weighted by atomic mass is 9.71. The second-order valence-electron chi connectivity index (χ2n) is 6.42. The van der Waals surface area contributed by atoms with E-state index in [1.54, 1.807) is 14.2 Å². The van der Waals surface area contributed by atoms with E-state index in [1.165, 1.54) is 0 Å². The van der Waals surface area contributed by atoms with Crippen molar-refractivity contribution in [3.63, 3.8) is 0 Å². The van der Waals surface area contributed by atoms with Crippen LogP contribution in [0.5, 0.6) is 0 Å². The molecule has 1 N–H and O–H groups in total. The predicted molar refractivity (Wildman–Crippen MR) is 81.4 cm³/mol. The van der Waals surface area contributed by atoms with Gasteiger partial charge < -0.3 is 24.6 Å². The van der Waals surface area contributed by atoms with E-state index in [0.717, 1.165) is 45.6 Å². The van der Waals surface area contributed by atoms with Crippen LogP contribution in [0.4, 0.5) is 4.79 Å². The molecular formula is C15H29N3O3. The fourth-order valence-corrected chi connectivity index (χ4v) is 3.83. The summed E-state index contributed by atoms with van der Waals surface area (Å²) in [7, 11) is 5.61. The minimum Gasteiger partial charge on any atom is -0.384 e. The lowest BCUT2D eigenvalue weighted by molar-refractivity contribution is 0.0469. The van der Waals surface area contributed by atoms with Gasteiger partial charge in [-0.05, 0) is 25.3 Å². The number of hydrogen-bond acceptors (Lipinski definition) is 4. The molecule has 6 nitrogen and oxygen atoms in total. The van der Waals surface area contributed by atoms with Crippen LogP contribution in [-0.2, 0) is 9.47 Å². The molecule has 0 bridgehead atoms. The van der Waals surface area contributed by atoms with Gasteiger partial charge in [0, 0.05) is 52.9 Å². The monoisotopic (exact) mass is 299 g/mol. The van der Waals surface area contributed by atoms with Gasteiger partial charge >= 0.3 is 6.03 Å². The van der Waals surface area contributed by atoms with E-state index in [2.05, 4.69) is 17.3 Å².